The van der Waals surface area contributed by atoms with Crippen LogP contribution >= 0.6 is 0 Å². The van der Waals surface area contributed by atoms with E-state index in [2.05, 4.69) is 68.6 Å². The fraction of sp³-hybridized carbons (Fsp3) is 0.355. The van der Waals surface area contributed by atoms with Crippen LogP contribution in [0.4, 0.5) is 0 Å². The molecule has 0 bridgehead atoms. The molecule has 186 valence electrons. The molecule has 0 saturated carbocycles. The van der Waals surface area contributed by atoms with E-state index in [1.807, 2.05) is 12.1 Å². The Balaban J connectivity index is 0.981. The van der Waals surface area contributed by atoms with Crippen LogP contribution in [0.5, 0.6) is 0 Å². The quantitative estimate of drug-likeness (QED) is 0.322. The molecule has 1 saturated heterocycles. The number of aromatic nitrogens is 1. The van der Waals surface area contributed by atoms with Gasteiger partial charge in [-0.05, 0) is 59.3 Å². The van der Waals surface area contributed by atoms with Crippen molar-refractivity contribution in [2.75, 3.05) is 39.3 Å². The summed E-state index contributed by atoms with van der Waals surface area (Å²) in [7, 11) is 0. The molecule has 0 spiro atoms. The van der Waals surface area contributed by atoms with Gasteiger partial charge in [0.1, 0.15) is 0 Å². The first-order valence-corrected chi connectivity index (χ1v) is 13.3. The Morgan fingerprint density at radius 1 is 0.861 bits per heavy atom. The monoisotopic (exact) mass is 480 g/mol. The Bertz CT molecular complexity index is 1120. The molecule has 2 heterocycles. The van der Waals surface area contributed by atoms with Gasteiger partial charge in [-0.25, -0.2) is 0 Å². The molecule has 5 rings (SSSR count). The highest BCUT2D eigenvalue weighted by Crippen LogP contribution is 2.46. The Morgan fingerprint density at radius 3 is 2.25 bits per heavy atom. The molecule has 1 fully saturated rings. The smallest absolute Gasteiger partial charge is 0.243 e. The van der Waals surface area contributed by atoms with Crippen molar-refractivity contribution in [3.63, 3.8) is 0 Å². The third-order valence-electron chi connectivity index (χ3n) is 7.38. The lowest BCUT2D eigenvalue weighted by molar-refractivity contribution is -0.116. The van der Waals surface area contributed by atoms with Crippen LogP contribution in [0.15, 0.2) is 79.1 Å². The van der Waals surface area contributed by atoms with Crippen LogP contribution in [0, 0.1) is 0 Å². The highest BCUT2D eigenvalue weighted by Gasteiger charge is 2.33. The summed E-state index contributed by atoms with van der Waals surface area (Å²) in [5.74, 6) is -0.0377. The molecule has 0 atom stereocenters. The number of hydrogen-bond acceptors (Lipinski definition) is 4. The third-order valence-corrected chi connectivity index (χ3v) is 7.38. The summed E-state index contributed by atoms with van der Waals surface area (Å²) in [6.07, 6.45) is 11.5. The normalized spacial score (nSPS) is 16.2. The lowest BCUT2D eigenvalue weighted by Gasteiger charge is -2.38. The van der Waals surface area contributed by atoms with E-state index >= 15 is 0 Å². The molecule has 1 aromatic heterocycles. The van der Waals surface area contributed by atoms with Gasteiger partial charge in [0.2, 0.25) is 5.91 Å². The predicted molar refractivity (Wildman–Crippen MR) is 146 cm³/mol. The molecule has 1 amide bonds. The molecule has 1 aliphatic carbocycles. The maximum absolute atomic E-state index is 11.9. The number of pyridine rings is 1. The van der Waals surface area contributed by atoms with Gasteiger partial charge in [0.15, 0.2) is 0 Å². The highest BCUT2D eigenvalue weighted by atomic mass is 16.1. The minimum atomic E-state index is -0.0377. The van der Waals surface area contributed by atoms with Crippen LogP contribution in [0.25, 0.3) is 17.2 Å². The Labute approximate surface area is 214 Å². The van der Waals surface area contributed by atoms with Gasteiger partial charge in [0, 0.05) is 51.2 Å². The lowest BCUT2D eigenvalue weighted by Crippen LogP contribution is -2.47. The zero-order valence-corrected chi connectivity index (χ0v) is 21.0. The van der Waals surface area contributed by atoms with Gasteiger partial charge in [0.05, 0.1) is 6.04 Å². The zero-order valence-electron chi connectivity index (χ0n) is 21.0. The lowest BCUT2D eigenvalue weighted by atomic mass is 10.0. The SMILES string of the molecule is O=C(C=Cc1cccnc1)NCCCCCCN1CCN(C2c3ccccc3-c3ccccc32)CC1. The molecule has 2 aliphatic rings. The summed E-state index contributed by atoms with van der Waals surface area (Å²) in [4.78, 5) is 21.3. The average molecular weight is 481 g/mol. The fourth-order valence-electron chi connectivity index (χ4n) is 5.50. The predicted octanol–water partition coefficient (Wildman–Crippen LogP) is 5.16. The molecule has 2 aromatic carbocycles. The van der Waals surface area contributed by atoms with Crippen LogP contribution < -0.4 is 5.32 Å². The standard InChI is InChI=1S/C31H36N4O/c36-30(16-15-25-10-9-17-32-24-25)33-18-7-1-2-8-19-34-20-22-35(23-21-34)31-28-13-5-3-11-26(28)27-12-4-6-14-29(27)31/h3-6,9-17,24,31H,1-2,7-8,18-23H2,(H,33,36). The molecule has 5 nitrogen and oxygen atoms in total. The number of carbonyl (C=O) groups is 1. The van der Waals surface area contributed by atoms with Crippen molar-refractivity contribution >= 4 is 12.0 Å². The van der Waals surface area contributed by atoms with Crippen LogP contribution in [0.3, 0.4) is 0 Å². The number of unbranched alkanes of at least 4 members (excludes halogenated alkanes) is 3. The first-order chi connectivity index (χ1) is 17.8. The van der Waals surface area contributed by atoms with Gasteiger partial charge in [-0.15, -0.1) is 0 Å². The maximum Gasteiger partial charge on any atom is 0.243 e. The van der Waals surface area contributed by atoms with E-state index in [-0.39, 0.29) is 5.91 Å². The van der Waals surface area contributed by atoms with E-state index < -0.39 is 0 Å². The summed E-state index contributed by atoms with van der Waals surface area (Å²) in [5.41, 5.74) is 6.67. The van der Waals surface area contributed by atoms with Gasteiger partial charge in [-0.3, -0.25) is 14.7 Å². The largest absolute Gasteiger partial charge is 0.353 e. The van der Waals surface area contributed by atoms with Crippen LogP contribution in [0.2, 0.25) is 0 Å². The first-order valence-electron chi connectivity index (χ1n) is 13.3. The van der Waals surface area contributed by atoms with Crippen LogP contribution in [-0.2, 0) is 4.79 Å². The van der Waals surface area contributed by atoms with Crippen molar-refractivity contribution in [3.05, 3.63) is 95.8 Å². The average Bonchev–Trinajstić information content (AvgIpc) is 3.27. The van der Waals surface area contributed by atoms with Gasteiger partial charge in [0.25, 0.3) is 0 Å². The Hall–Kier alpha value is -3.28. The summed E-state index contributed by atoms with van der Waals surface area (Å²) < 4.78 is 0. The maximum atomic E-state index is 11.9. The second kappa shape index (κ2) is 12.1. The Kier molecular flexibility index (Phi) is 8.21. The van der Waals surface area contributed by atoms with E-state index in [4.69, 9.17) is 0 Å². The number of rotatable bonds is 10. The van der Waals surface area contributed by atoms with E-state index in [1.165, 1.54) is 41.6 Å². The number of amides is 1. The molecular weight excluding hydrogens is 444 g/mol. The van der Waals surface area contributed by atoms with Gasteiger partial charge >= 0.3 is 0 Å². The first kappa shape index (κ1) is 24.4. The second-order valence-corrected chi connectivity index (χ2v) is 9.78. The molecular formula is C31H36N4O. The number of nitrogens with one attached hydrogen (secondary N) is 1. The number of piperazine rings is 1. The van der Waals surface area contributed by atoms with Gasteiger partial charge < -0.3 is 10.2 Å². The van der Waals surface area contributed by atoms with Gasteiger partial charge in [-0.2, -0.15) is 0 Å². The van der Waals surface area contributed by atoms with Crippen molar-refractivity contribution in [2.24, 2.45) is 0 Å². The second-order valence-electron chi connectivity index (χ2n) is 9.78. The third kappa shape index (κ3) is 5.92. The van der Waals surface area contributed by atoms with E-state index in [1.54, 1.807) is 24.5 Å². The topological polar surface area (TPSA) is 48.5 Å². The molecule has 1 aliphatic heterocycles. The molecule has 3 aromatic rings. The van der Waals surface area contributed by atoms with Crippen LogP contribution in [0.1, 0.15) is 48.4 Å². The van der Waals surface area contributed by atoms with E-state index in [0.29, 0.717) is 6.04 Å². The molecule has 1 N–H and O–H groups in total. The van der Waals surface area contributed by atoms with Crippen molar-refractivity contribution in [1.82, 2.24) is 20.1 Å². The minimum absolute atomic E-state index is 0.0377. The minimum Gasteiger partial charge on any atom is -0.353 e. The molecule has 0 unspecified atom stereocenters. The summed E-state index contributed by atoms with van der Waals surface area (Å²) >= 11 is 0. The number of fused-ring (bicyclic) bond motifs is 3. The Morgan fingerprint density at radius 2 is 1.56 bits per heavy atom. The van der Waals surface area contributed by atoms with Gasteiger partial charge in [-0.1, -0.05) is 67.4 Å². The molecule has 36 heavy (non-hydrogen) atoms. The number of nitrogens with zero attached hydrogens (tertiary/aromatic N) is 3. The van der Waals surface area contributed by atoms with Crippen molar-refractivity contribution in [2.45, 2.75) is 31.7 Å². The highest BCUT2D eigenvalue weighted by molar-refractivity contribution is 5.91. The number of carbonyl (C=O) groups excluding carboxylic acids is 1. The summed E-state index contributed by atoms with van der Waals surface area (Å²) in [5, 5.41) is 2.98. The number of hydrogen-bond donors (Lipinski definition) is 1. The summed E-state index contributed by atoms with van der Waals surface area (Å²) in [6, 6.07) is 22.0. The van der Waals surface area contributed by atoms with Crippen LogP contribution in [-0.4, -0.2) is 60.0 Å². The van der Waals surface area contributed by atoms with E-state index in [9.17, 15) is 4.79 Å². The number of benzene rings is 2. The molecule has 5 heteroatoms. The molecule has 0 radical (unpaired) electrons. The van der Waals surface area contributed by atoms with E-state index in [0.717, 1.165) is 51.1 Å². The zero-order chi connectivity index (χ0) is 24.6. The fourth-order valence-corrected chi connectivity index (χ4v) is 5.50. The van der Waals surface area contributed by atoms with Crippen molar-refractivity contribution < 1.29 is 4.79 Å². The van der Waals surface area contributed by atoms with Crippen molar-refractivity contribution in [1.29, 1.82) is 0 Å². The summed E-state index contributed by atoms with van der Waals surface area (Å²) in [6.45, 7) is 6.42. The van der Waals surface area contributed by atoms with Crippen molar-refractivity contribution in [3.8, 4) is 11.1 Å².